The van der Waals surface area contributed by atoms with E-state index in [1.165, 1.54) is 0 Å². The van der Waals surface area contributed by atoms with E-state index in [0.717, 1.165) is 29.9 Å². The van der Waals surface area contributed by atoms with Crippen molar-refractivity contribution in [3.63, 3.8) is 0 Å². The minimum Gasteiger partial charge on any atom is -0.397 e. The number of aryl methyl sites for hydroxylation is 1. The molecule has 0 fully saturated rings. The highest BCUT2D eigenvalue weighted by Crippen LogP contribution is 2.33. The van der Waals surface area contributed by atoms with Crippen molar-refractivity contribution in [1.82, 2.24) is 0 Å². The van der Waals surface area contributed by atoms with E-state index in [-0.39, 0.29) is 5.91 Å². The maximum atomic E-state index is 11.4. The summed E-state index contributed by atoms with van der Waals surface area (Å²) in [5.41, 5.74) is 9.71. The number of benzene rings is 1. The molecule has 1 aliphatic heterocycles. The molecular formula is C16H22N4O. The molecule has 1 aromatic rings. The molecule has 0 spiro atoms. The molecular weight excluding hydrogens is 264 g/mol. The number of nitrogens with two attached hydrogens (primary N) is 1. The Labute approximate surface area is 125 Å². The predicted molar refractivity (Wildman–Crippen MR) is 85.1 cm³/mol. The Morgan fingerprint density at radius 2 is 2.19 bits per heavy atom. The van der Waals surface area contributed by atoms with Crippen LogP contribution >= 0.6 is 0 Å². The number of hydrogen-bond donors (Lipinski definition) is 2. The first-order chi connectivity index (χ1) is 10.0. The summed E-state index contributed by atoms with van der Waals surface area (Å²) in [7, 11) is 0. The molecule has 0 atom stereocenters. The highest BCUT2D eigenvalue weighted by atomic mass is 16.1. The van der Waals surface area contributed by atoms with Gasteiger partial charge in [-0.3, -0.25) is 4.79 Å². The van der Waals surface area contributed by atoms with Gasteiger partial charge in [-0.05, 0) is 30.0 Å². The van der Waals surface area contributed by atoms with Crippen LogP contribution in [0.25, 0.3) is 0 Å². The van der Waals surface area contributed by atoms with E-state index < -0.39 is 0 Å². The maximum Gasteiger partial charge on any atom is 0.224 e. The Morgan fingerprint density at radius 1 is 1.43 bits per heavy atom. The third-order valence-corrected chi connectivity index (χ3v) is 3.57. The normalized spacial score (nSPS) is 13.5. The van der Waals surface area contributed by atoms with Crippen LogP contribution in [0.3, 0.4) is 0 Å². The van der Waals surface area contributed by atoms with Gasteiger partial charge in [0, 0.05) is 25.2 Å². The van der Waals surface area contributed by atoms with Gasteiger partial charge in [-0.1, -0.05) is 13.8 Å². The van der Waals surface area contributed by atoms with Gasteiger partial charge in [0.1, 0.15) is 0 Å². The smallest absolute Gasteiger partial charge is 0.224 e. The largest absolute Gasteiger partial charge is 0.397 e. The molecule has 0 aromatic heterocycles. The van der Waals surface area contributed by atoms with Gasteiger partial charge < -0.3 is 16.0 Å². The number of carbonyl (C=O) groups is 1. The van der Waals surface area contributed by atoms with Gasteiger partial charge in [-0.25, -0.2) is 0 Å². The molecule has 0 unspecified atom stereocenters. The van der Waals surface area contributed by atoms with Crippen LogP contribution in [0.1, 0.15) is 32.3 Å². The van der Waals surface area contributed by atoms with E-state index in [1.807, 2.05) is 6.07 Å². The minimum atomic E-state index is 0.0400. The topological polar surface area (TPSA) is 82.2 Å². The standard InChI is InChI=1S/C16H22N4O/c1-11(2)10-20(7-3-6-17)15-8-12-4-5-16(21)19-14(12)9-13(15)18/h8-9,11H,3-5,7,10,18H2,1-2H3,(H,19,21). The zero-order valence-corrected chi connectivity index (χ0v) is 12.6. The summed E-state index contributed by atoms with van der Waals surface area (Å²) in [5, 5.41) is 11.7. The van der Waals surface area contributed by atoms with Crippen LogP contribution in [0, 0.1) is 17.2 Å². The lowest BCUT2D eigenvalue weighted by atomic mass is 10.0. The number of nitrogen functional groups attached to an aromatic ring is 1. The second-order valence-electron chi connectivity index (χ2n) is 5.86. The summed E-state index contributed by atoms with van der Waals surface area (Å²) >= 11 is 0. The summed E-state index contributed by atoms with van der Waals surface area (Å²) < 4.78 is 0. The molecule has 21 heavy (non-hydrogen) atoms. The van der Waals surface area contributed by atoms with Crippen LogP contribution in [-0.4, -0.2) is 19.0 Å². The maximum absolute atomic E-state index is 11.4. The van der Waals surface area contributed by atoms with E-state index in [1.54, 1.807) is 0 Å². The number of nitriles is 1. The lowest BCUT2D eigenvalue weighted by molar-refractivity contribution is -0.116. The van der Waals surface area contributed by atoms with Crippen molar-refractivity contribution in [2.24, 2.45) is 5.92 Å². The van der Waals surface area contributed by atoms with E-state index in [9.17, 15) is 4.79 Å². The second kappa shape index (κ2) is 6.49. The Bertz CT molecular complexity index is 574. The monoisotopic (exact) mass is 286 g/mol. The molecule has 0 saturated carbocycles. The van der Waals surface area contributed by atoms with Crippen molar-refractivity contribution >= 4 is 23.0 Å². The number of anilines is 3. The first-order valence-corrected chi connectivity index (χ1v) is 7.35. The quantitative estimate of drug-likeness (QED) is 0.815. The van der Waals surface area contributed by atoms with Gasteiger partial charge in [0.25, 0.3) is 0 Å². The Balaban J connectivity index is 2.32. The minimum absolute atomic E-state index is 0.0400. The Kier molecular flexibility index (Phi) is 4.69. The first kappa shape index (κ1) is 15.2. The fraction of sp³-hybridized carbons (Fsp3) is 0.500. The van der Waals surface area contributed by atoms with E-state index in [2.05, 4.69) is 36.2 Å². The average Bonchev–Trinajstić information content (AvgIpc) is 2.42. The van der Waals surface area contributed by atoms with E-state index in [4.69, 9.17) is 11.0 Å². The van der Waals surface area contributed by atoms with Crippen LogP contribution in [0.4, 0.5) is 17.1 Å². The molecule has 1 heterocycles. The highest BCUT2D eigenvalue weighted by molar-refractivity contribution is 5.95. The van der Waals surface area contributed by atoms with Crippen molar-refractivity contribution in [2.45, 2.75) is 33.1 Å². The second-order valence-corrected chi connectivity index (χ2v) is 5.86. The van der Waals surface area contributed by atoms with Crippen LogP contribution in [-0.2, 0) is 11.2 Å². The lowest BCUT2D eigenvalue weighted by Crippen LogP contribution is -2.30. The zero-order chi connectivity index (χ0) is 15.4. The lowest BCUT2D eigenvalue weighted by Gasteiger charge is -2.29. The van der Waals surface area contributed by atoms with Crippen molar-refractivity contribution in [3.05, 3.63) is 17.7 Å². The van der Waals surface area contributed by atoms with Crippen LogP contribution in [0.15, 0.2) is 12.1 Å². The van der Waals surface area contributed by atoms with Crippen molar-refractivity contribution in [1.29, 1.82) is 5.26 Å². The molecule has 1 amide bonds. The van der Waals surface area contributed by atoms with Crippen LogP contribution in [0.5, 0.6) is 0 Å². The molecule has 0 radical (unpaired) electrons. The van der Waals surface area contributed by atoms with Crippen molar-refractivity contribution in [2.75, 3.05) is 29.0 Å². The summed E-state index contributed by atoms with van der Waals surface area (Å²) in [6.07, 6.45) is 1.72. The van der Waals surface area contributed by atoms with Crippen molar-refractivity contribution in [3.8, 4) is 6.07 Å². The number of fused-ring (bicyclic) bond motifs is 1. The van der Waals surface area contributed by atoms with Gasteiger partial charge >= 0.3 is 0 Å². The van der Waals surface area contributed by atoms with Crippen LogP contribution < -0.4 is 16.0 Å². The summed E-state index contributed by atoms with van der Waals surface area (Å²) in [6, 6.07) is 6.08. The van der Waals surface area contributed by atoms with Gasteiger partial charge in [0.15, 0.2) is 0 Å². The van der Waals surface area contributed by atoms with Gasteiger partial charge in [0.05, 0.1) is 23.9 Å². The van der Waals surface area contributed by atoms with Crippen LogP contribution in [0.2, 0.25) is 0 Å². The number of amides is 1. The third-order valence-electron chi connectivity index (χ3n) is 3.57. The molecule has 2 rings (SSSR count). The SMILES string of the molecule is CC(C)CN(CCC#N)c1cc2c(cc1N)NC(=O)CC2. The molecule has 1 aromatic carbocycles. The number of hydrogen-bond acceptors (Lipinski definition) is 4. The molecule has 5 heteroatoms. The predicted octanol–water partition coefficient (Wildman–Crippen LogP) is 2.53. The highest BCUT2D eigenvalue weighted by Gasteiger charge is 2.19. The first-order valence-electron chi connectivity index (χ1n) is 7.35. The summed E-state index contributed by atoms with van der Waals surface area (Å²) in [5.74, 6) is 0.525. The molecule has 0 aliphatic carbocycles. The fourth-order valence-electron chi connectivity index (χ4n) is 2.64. The summed E-state index contributed by atoms with van der Waals surface area (Å²) in [4.78, 5) is 13.6. The fourth-order valence-corrected chi connectivity index (χ4v) is 2.64. The molecule has 0 bridgehead atoms. The molecule has 5 nitrogen and oxygen atoms in total. The third kappa shape index (κ3) is 3.66. The van der Waals surface area contributed by atoms with E-state index in [0.29, 0.717) is 31.0 Å². The molecule has 1 aliphatic rings. The number of rotatable bonds is 5. The summed E-state index contributed by atoms with van der Waals surface area (Å²) in [6.45, 7) is 5.82. The van der Waals surface area contributed by atoms with Gasteiger partial charge in [-0.2, -0.15) is 5.26 Å². The number of nitrogens with one attached hydrogen (secondary N) is 1. The van der Waals surface area contributed by atoms with E-state index >= 15 is 0 Å². The average molecular weight is 286 g/mol. The Hall–Kier alpha value is -2.22. The number of nitrogens with zero attached hydrogens (tertiary/aromatic N) is 2. The van der Waals surface area contributed by atoms with Crippen molar-refractivity contribution < 1.29 is 4.79 Å². The Morgan fingerprint density at radius 3 is 2.86 bits per heavy atom. The number of carbonyl (C=O) groups excluding carboxylic acids is 1. The zero-order valence-electron chi connectivity index (χ0n) is 12.6. The van der Waals surface area contributed by atoms with Gasteiger partial charge in [-0.15, -0.1) is 0 Å². The molecule has 112 valence electrons. The van der Waals surface area contributed by atoms with Gasteiger partial charge in [0.2, 0.25) is 5.91 Å². The molecule has 3 N–H and O–H groups in total. The molecule has 0 saturated heterocycles.